The fraction of sp³-hybridized carbons (Fsp3) is 0.429. The van der Waals surface area contributed by atoms with Crippen molar-refractivity contribution in [2.24, 2.45) is 0 Å². The molecule has 0 bridgehead atoms. The van der Waals surface area contributed by atoms with Gasteiger partial charge in [-0.15, -0.1) is 0 Å². The van der Waals surface area contributed by atoms with Crippen molar-refractivity contribution in [1.29, 1.82) is 0 Å². The molecule has 0 aliphatic heterocycles. The van der Waals surface area contributed by atoms with E-state index in [0.717, 1.165) is 25.0 Å². The zero-order valence-electron chi connectivity index (χ0n) is 13.1. The van der Waals surface area contributed by atoms with Crippen molar-refractivity contribution in [2.75, 3.05) is 6.61 Å². The molecule has 0 aliphatic rings. The molecule has 0 saturated heterocycles. The van der Waals surface area contributed by atoms with Gasteiger partial charge in [-0.25, -0.2) is 8.42 Å². The molecule has 1 aromatic rings. The van der Waals surface area contributed by atoms with E-state index in [1.165, 1.54) is 12.1 Å². The molecule has 0 unspecified atom stereocenters. The normalized spacial score (nSPS) is 10.5. The van der Waals surface area contributed by atoms with Crippen LogP contribution in [0.15, 0.2) is 29.2 Å². The second kappa shape index (κ2) is 10.8. The number of hydrogen-bond donors (Lipinski definition) is 0. The fourth-order valence-electron chi connectivity index (χ4n) is 1.46. The van der Waals surface area contributed by atoms with Crippen molar-refractivity contribution in [1.82, 2.24) is 0 Å². The Morgan fingerprint density at radius 3 is 2.17 bits per heavy atom. The van der Waals surface area contributed by atoms with Gasteiger partial charge in [-0.3, -0.25) is 9.59 Å². The van der Waals surface area contributed by atoms with Gasteiger partial charge in [0.1, 0.15) is 15.9 Å². The van der Waals surface area contributed by atoms with Crippen LogP contribution in [-0.2, 0) is 24.4 Å². The number of benzene rings is 1. The standard InChI is InChI=1S/C14H18O7S.Na/c1-2-3-10-20-13(15)8-9-14(16)21-11-4-6-12(7-5-11)22(17,18)19;/h4-7H,2-3,8-10H2,1H3,(H,17,18,19);/q;+1/p-1. The van der Waals surface area contributed by atoms with E-state index >= 15 is 0 Å². The van der Waals surface area contributed by atoms with Gasteiger partial charge in [-0.2, -0.15) is 0 Å². The topological polar surface area (TPSA) is 110 Å². The molecule has 0 fully saturated rings. The van der Waals surface area contributed by atoms with Gasteiger partial charge in [0.15, 0.2) is 0 Å². The Morgan fingerprint density at radius 2 is 1.65 bits per heavy atom. The summed E-state index contributed by atoms with van der Waals surface area (Å²) in [5.74, 6) is -1.03. The van der Waals surface area contributed by atoms with Crippen LogP contribution in [0.25, 0.3) is 0 Å². The van der Waals surface area contributed by atoms with E-state index in [1.54, 1.807) is 0 Å². The van der Waals surface area contributed by atoms with Crippen molar-refractivity contribution < 1.29 is 61.6 Å². The van der Waals surface area contributed by atoms with Gasteiger partial charge in [0, 0.05) is 0 Å². The molecule has 0 radical (unpaired) electrons. The summed E-state index contributed by atoms with van der Waals surface area (Å²) in [6.45, 7) is 2.30. The van der Waals surface area contributed by atoms with E-state index in [-0.39, 0.29) is 48.1 Å². The molecule has 0 aromatic heterocycles. The van der Waals surface area contributed by atoms with Crippen molar-refractivity contribution in [3.05, 3.63) is 24.3 Å². The maximum atomic E-state index is 11.5. The van der Waals surface area contributed by atoms with E-state index in [1.807, 2.05) is 6.92 Å². The third-order valence-electron chi connectivity index (χ3n) is 2.64. The van der Waals surface area contributed by atoms with Gasteiger partial charge in [-0.1, -0.05) is 13.3 Å². The molecular weight excluding hydrogens is 335 g/mol. The summed E-state index contributed by atoms with van der Waals surface area (Å²) in [4.78, 5) is 22.4. The molecule has 0 aliphatic carbocycles. The zero-order valence-corrected chi connectivity index (χ0v) is 15.9. The molecule has 7 nitrogen and oxygen atoms in total. The van der Waals surface area contributed by atoms with Gasteiger partial charge in [0.05, 0.1) is 24.3 Å². The van der Waals surface area contributed by atoms with Crippen molar-refractivity contribution in [3.8, 4) is 5.75 Å². The molecule has 0 heterocycles. The predicted molar refractivity (Wildman–Crippen MR) is 75.1 cm³/mol. The first-order valence-electron chi connectivity index (χ1n) is 6.75. The van der Waals surface area contributed by atoms with Crippen molar-refractivity contribution in [3.63, 3.8) is 0 Å². The third-order valence-corrected chi connectivity index (χ3v) is 3.49. The summed E-state index contributed by atoms with van der Waals surface area (Å²) in [7, 11) is -4.53. The molecule has 0 N–H and O–H groups in total. The van der Waals surface area contributed by atoms with Gasteiger partial charge in [0.25, 0.3) is 0 Å². The molecule has 0 atom stereocenters. The van der Waals surface area contributed by atoms with Crippen LogP contribution in [0.3, 0.4) is 0 Å². The van der Waals surface area contributed by atoms with Gasteiger partial charge >= 0.3 is 41.5 Å². The first-order chi connectivity index (χ1) is 10.3. The predicted octanol–water partition coefficient (Wildman–Crippen LogP) is -1.38. The Bertz CT molecular complexity index is 611. The van der Waals surface area contributed by atoms with Crippen molar-refractivity contribution in [2.45, 2.75) is 37.5 Å². The van der Waals surface area contributed by atoms with E-state index < -0.39 is 27.0 Å². The third kappa shape index (κ3) is 9.07. The Morgan fingerprint density at radius 1 is 1.09 bits per heavy atom. The monoisotopic (exact) mass is 352 g/mol. The number of ether oxygens (including phenoxy) is 2. The number of carbonyl (C=O) groups is 2. The first-order valence-corrected chi connectivity index (χ1v) is 8.16. The quantitative estimate of drug-likeness (QED) is 0.186. The summed E-state index contributed by atoms with van der Waals surface area (Å²) in [5.41, 5.74) is 0. The Balaban J connectivity index is 0.00000484. The Labute approximate surface area is 157 Å². The molecule has 122 valence electrons. The molecule has 0 amide bonds. The van der Waals surface area contributed by atoms with Crippen LogP contribution in [0.5, 0.6) is 5.75 Å². The minimum absolute atomic E-state index is 0. The summed E-state index contributed by atoms with van der Waals surface area (Å²) in [5, 5.41) is 0. The first kappa shape index (κ1) is 22.1. The maximum Gasteiger partial charge on any atom is 1.00 e. The number of unbranched alkanes of at least 4 members (excludes halogenated alkanes) is 1. The molecule has 1 rings (SSSR count). The SMILES string of the molecule is CCCCOC(=O)CCC(=O)Oc1ccc(S(=O)(=O)[O-])cc1.[Na+]. The van der Waals surface area contributed by atoms with E-state index in [0.29, 0.717) is 6.61 Å². The second-order valence-corrected chi connectivity index (χ2v) is 5.85. The van der Waals surface area contributed by atoms with Crippen LogP contribution < -0.4 is 34.3 Å². The number of rotatable bonds is 8. The number of hydrogen-bond acceptors (Lipinski definition) is 7. The molecule has 1 aromatic carbocycles. The molecule has 0 spiro atoms. The summed E-state index contributed by atoms with van der Waals surface area (Å²) >= 11 is 0. The molecular formula is C14H17NaO7S. The second-order valence-electron chi connectivity index (χ2n) is 4.47. The van der Waals surface area contributed by atoms with E-state index in [9.17, 15) is 22.6 Å². The average molecular weight is 352 g/mol. The van der Waals surface area contributed by atoms with Crippen LogP contribution in [0.4, 0.5) is 0 Å². The van der Waals surface area contributed by atoms with E-state index in [4.69, 9.17) is 9.47 Å². The van der Waals surface area contributed by atoms with Gasteiger partial charge in [-0.05, 0) is 30.7 Å². The number of esters is 2. The molecule has 0 saturated carbocycles. The fourth-order valence-corrected chi connectivity index (χ4v) is 1.93. The summed E-state index contributed by atoms with van der Waals surface area (Å²) in [6.07, 6.45) is 1.44. The summed E-state index contributed by atoms with van der Waals surface area (Å²) < 4.78 is 42.0. The largest absolute Gasteiger partial charge is 1.00 e. The number of carbonyl (C=O) groups excluding carboxylic acids is 2. The molecule has 9 heteroatoms. The minimum Gasteiger partial charge on any atom is -0.744 e. The van der Waals surface area contributed by atoms with Crippen LogP contribution in [0, 0.1) is 0 Å². The maximum absolute atomic E-state index is 11.5. The van der Waals surface area contributed by atoms with Crippen LogP contribution in [0.1, 0.15) is 32.6 Å². The average Bonchev–Trinajstić information content (AvgIpc) is 2.45. The van der Waals surface area contributed by atoms with Crippen LogP contribution in [-0.4, -0.2) is 31.5 Å². The van der Waals surface area contributed by atoms with Gasteiger partial charge in [0.2, 0.25) is 0 Å². The van der Waals surface area contributed by atoms with Crippen LogP contribution >= 0.6 is 0 Å². The van der Waals surface area contributed by atoms with Crippen LogP contribution in [0.2, 0.25) is 0 Å². The molecule has 23 heavy (non-hydrogen) atoms. The smallest absolute Gasteiger partial charge is 0.744 e. The Kier molecular flexibility index (Phi) is 10.3. The zero-order chi connectivity index (χ0) is 16.6. The summed E-state index contributed by atoms with van der Waals surface area (Å²) in [6, 6.07) is 4.48. The van der Waals surface area contributed by atoms with Gasteiger partial charge < -0.3 is 14.0 Å². The van der Waals surface area contributed by atoms with Crippen molar-refractivity contribution >= 4 is 22.1 Å². The van der Waals surface area contributed by atoms with E-state index in [2.05, 4.69) is 0 Å². The Hall–Kier alpha value is -0.930. The minimum atomic E-state index is -4.53.